The summed E-state index contributed by atoms with van der Waals surface area (Å²) in [6.07, 6.45) is 3.74. The molecule has 0 saturated heterocycles. The molecule has 0 heterocycles. The highest BCUT2D eigenvalue weighted by Gasteiger charge is 2.27. The van der Waals surface area contributed by atoms with Crippen LogP contribution in [-0.4, -0.2) is 19.3 Å². The fourth-order valence-corrected chi connectivity index (χ4v) is 2.29. The fourth-order valence-electron chi connectivity index (χ4n) is 2.29. The average molecular weight is 253 g/mol. The van der Waals surface area contributed by atoms with E-state index in [9.17, 15) is 9.30 Å². The second-order valence-electron chi connectivity index (χ2n) is 4.42. The second-order valence-corrected chi connectivity index (χ2v) is 4.42. The van der Waals surface area contributed by atoms with E-state index in [0.717, 1.165) is 25.7 Å². The van der Waals surface area contributed by atoms with Gasteiger partial charge in [-0.25, -0.2) is 4.39 Å². The van der Waals surface area contributed by atoms with Crippen LogP contribution >= 0.6 is 0 Å². The van der Waals surface area contributed by atoms with Crippen molar-refractivity contribution in [3.8, 4) is 5.75 Å². The van der Waals surface area contributed by atoms with Crippen LogP contribution in [0.15, 0.2) is 23.4 Å². The minimum atomic E-state index is -0.442. The van der Waals surface area contributed by atoms with Gasteiger partial charge in [0, 0.05) is 13.2 Å². The van der Waals surface area contributed by atoms with Crippen LogP contribution in [0.25, 0.3) is 0 Å². The lowest BCUT2D eigenvalue weighted by molar-refractivity contribution is -0.0227. The topological polar surface area (TPSA) is 47.9 Å². The molecule has 2 rings (SSSR count). The summed E-state index contributed by atoms with van der Waals surface area (Å²) in [5.41, 5.74) is 0.122. The Balaban J connectivity index is 2.16. The summed E-state index contributed by atoms with van der Waals surface area (Å²) in [5, 5.41) is 2.85. The fraction of sp³-hybridized carbons (Fsp3) is 0.538. The predicted octanol–water partition coefficient (Wildman–Crippen LogP) is 3.56. The maximum Gasteiger partial charge on any atom is 0.151 e. The molecule has 0 aromatic heterocycles. The van der Waals surface area contributed by atoms with Gasteiger partial charge >= 0.3 is 0 Å². The lowest BCUT2D eigenvalue weighted by Gasteiger charge is -2.30. The first-order chi connectivity index (χ1) is 8.74. The Morgan fingerprint density at radius 2 is 2.00 bits per heavy atom. The number of hydrogen-bond acceptors (Lipinski definition) is 4. The van der Waals surface area contributed by atoms with E-state index >= 15 is 0 Å². The number of benzene rings is 1. The molecule has 0 N–H and O–H groups in total. The first-order valence-corrected chi connectivity index (χ1v) is 6.07. The Hall–Kier alpha value is -1.49. The van der Waals surface area contributed by atoms with Crippen LogP contribution in [0.4, 0.5) is 10.1 Å². The lowest BCUT2D eigenvalue weighted by atomic mass is 9.94. The summed E-state index contributed by atoms with van der Waals surface area (Å²) >= 11 is 0. The number of ether oxygens (including phenoxy) is 2. The largest absolute Gasteiger partial charge is 0.485 e. The average Bonchev–Trinajstić information content (AvgIpc) is 2.40. The van der Waals surface area contributed by atoms with Crippen LogP contribution in [0.3, 0.4) is 0 Å². The molecule has 5 heteroatoms. The number of methoxy groups -OCH3 is 1. The van der Waals surface area contributed by atoms with E-state index < -0.39 is 5.82 Å². The number of nitrogens with zero attached hydrogens (tertiary/aromatic N) is 1. The maximum atomic E-state index is 13.2. The van der Waals surface area contributed by atoms with Gasteiger partial charge in [-0.2, -0.15) is 0 Å². The zero-order valence-corrected chi connectivity index (χ0v) is 10.3. The van der Waals surface area contributed by atoms with Gasteiger partial charge in [-0.3, -0.25) is 0 Å². The normalized spacial score (nSPS) is 23.7. The third kappa shape index (κ3) is 2.85. The maximum absolute atomic E-state index is 13.2. The highest BCUT2D eigenvalue weighted by molar-refractivity contribution is 5.51. The van der Waals surface area contributed by atoms with Crippen molar-refractivity contribution in [1.82, 2.24) is 0 Å². The van der Waals surface area contributed by atoms with E-state index in [4.69, 9.17) is 9.47 Å². The minimum absolute atomic E-state index is 0.0125. The van der Waals surface area contributed by atoms with Gasteiger partial charge in [0.15, 0.2) is 5.75 Å². The molecule has 2 atom stereocenters. The molecule has 4 nitrogen and oxygen atoms in total. The predicted molar refractivity (Wildman–Crippen MR) is 65.5 cm³/mol. The Kier molecular flexibility index (Phi) is 4.25. The van der Waals surface area contributed by atoms with Gasteiger partial charge < -0.3 is 9.47 Å². The molecule has 18 heavy (non-hydrogen) atoms. The van der Waals surface area contributed by atoms with Crippen molar-refractivity contribution in [2.75, 3.05) is 7.11 Å². The van der Waals surface area contributed by atoms with Crippen LogP contribution in [0.2, 0.25) is 0 Å². The molecule has 1 aromatic carbocycles. The quantitative estimate of drug-likeness (QED) is 0.771. The highest BCUT2D eigenvalue weighted by Crippen LogP contribution is 2.32. The van der Waals surface area contributed by atoms with E-state index in [2.05, 4.69) is 5.18 Å². The summed E-state index contributed by atoms with van der Waals surface area (Å²) in [4.78, 5) is 10.6. The summed E-state index contributed by atoms with van der Waals surface area (Å²) in [6, 6.07) is 3.71. The molecular weight excluding hydrogens is 237 g/mol. The van der Waals surface area contributed by atoms with Gasteiger partial charge in [0.2, 0.25) is 0 Å². The van der Waals surface area contributed by atoms with Crippen molar-refractivity contribution in [2.24, 2.45) is 5.18 Å². The number of halogens is 1. The molecule has 1 aromatic rings. The summed E-state index contributed by atoms with van der Waals surface area (Å²) in [7, 11) is 1.64. The zero-order chi connectivity index (χ0) is 13.0. The van der Waals surface area contributed by atoms with E-state index in [1.54, 1.807) is 7.11 Å². The summed E-state index contributed by atoms with van der Waals surface area (Å²) < 4.78 is 24.2. The first kappa shape index (κ1) is 13.0. The molecule has 0 aliphatic heterocycles. The van der Waals surface area contributed by atoms with Crippen molar-refractivity contribution in [1.29, 1.82) is 0 Å². The Labute approximate surface area is 105 Å². The first-order valence-electron chi connectivity index (χ1n) is 6.07. The third-order valence-electron chi connectivity index (χ3n) is 3.24. The summed E-state index contributed by atoms with van der Waals surface area (Å²) in [6.45, 7) is 0. The SMILES string of the molecule is CO[C@@H]1CCCC[C@H]1Oc1cc(F)ccc1N=O. The van der Waals surface area contributed by atoms with Crippen LogP contribution in [-0.2, 0) is 4.74 Å². The molecule has 0 bridgehead atoms. The molecule has 0 radical (unpaired) electrons. The molecule has 98 valence electrons. The van der Waals surface area contributed by atoms with Crippen molar-refractivity contribution < 1.29 is 13.9 Å². The van der Waals surface area contributed by atoms with Gasteiger partial charge in [-0.05, 0) is 36.6 Å². The number of hydrogen-bond donors (Lipinski definition) is 0. The van der Waals surface area contributed by atoms with Crippen LogP contribution in [0.5, 0.6) is 5.75 Å². The molecule has 0 unspecified atom stereocenters. The van der Waals surface area contributed by atoms with Gasteiger partial charge in [0.25, 0.3) is 0 Å². The lowest BCUT2D eigenvalue weighted by Crippen LogP contribution is -2.36. The van der Waals surface area contributed by atoms with E-state index in [1.165, 1.54) is 18.2 Å². The monoisotopic (exact) mass is 253 g/mol. The second kappa shape index (κ2) is 5.91. The molecular formula is C13H16FNO3. The smallest absolute Gasteiger partial charge is 0.151 e. The molecule has 1 fully saturated rings. The summed E-state index contributed by atoms with van der Waals surface area (Å²) in [5.74, 6) is -0.249. The van der Waals surface area contributed by atoms with E-state index in [1.807, 2.05) is 0 Å². The Morgan fingerprint density at radius 3 is 2.67 bits per heavy atom. The van der Waals surface area contributed by atoms with Crippen molar-refractivity contribution >= 4 is 5.69 Å². The Morgan fingerprint density at radius 1 is 1.28 bits per heavy atom. The van der Waals surface area contributed by atoms with Crippen molar-refractivity contribution in [2.45, 2.75) is 37.9 Å². The highest BCUT2D eigenvalue weighted by atomic mass is 19.1. The minimum Gasteiger partial charge on any atom is -0.485 e. The van der Waals surface area contributed by atoms with Gasteiger partial charge in [0.05, 0.1) is 6.10 Å². The molecule has 0 spiro atoms. The third-order valence-corrected chi connectivity index (χ3v) is 3.24. The van der Waals surface area contributed by atoms with Crippen LogP contribution < -0.4 is 4.74 Å². The van der Waals surface area contributed by atoms with E-state index in [0.29, 0.717) is 0 Å². The van der Waals surface area contributed by atoms with Gasteiger partial charge in [-0.1, -0.05) is 6.42 Å². The van der Waals surface area contributed by atoms with Crippen LogP contribution in [0, 0.1) is 10.7 Å². The molecule has 1 aliphatic carbocycles. The Bertz CT molecular complexity index is 425. The molecule has 0 amide bonds. The van der Waals surface area contributed by atoms with Crippen LogP contribution in [0.1, 0.15) is 25.7 Å². The number of rotatable bonds is 4. The van der Waals surface area contributed by atoms with Crippen molar-refractivity contribution in [3.05, 3.63) is 28.9 Å². The standard InChI is InChI=1S/C13H16FNO3/c1-17-11-4-2-3-5-12(11)18-13-8-9(14)6-7-10(13)15-16/h6-8,11-12H,2-5H2,1H3/t11-,12-/m1/s1. The van der Waals surface area contributed by atoms with Gasteiger partial charge in [0.1, 0.15) is 17.6 Å². The molecule has 1 aliphatic rings. The zero-order valence-electron chi connectivity index (χ0n) is 10.3. The van der Waals surface area contributed by atoms with Gasteiger partial charge in [-0.15, -0.1) is 4.91 Å². The molecule has 1 saturated carbocycles. The van der Waals surface area contributed by atoms with E-state index in [-0.39, 0.29) is 23.6 Å². The number of nitroso groups, excluding NO2 is 1. The van der Waals surface area contributed by atoms with Crippen molar-refractivity contribution in [3.63, 3.8) is 0 Å².